The lowest BCUT2D eigenvalue weighted by atomic mass is 9.88. The van der Waals surface area contributed by atoms with Crippen LogP contribution >= 0.6 is 0 Å². The van der Waals surface area contributed by atoms with Gasteiger partial charge in [0.05, 0.1) is 6.10 Å². The summed E-state index contributed by atoms with van der Waals surface area (Å²) in [5, 5.41) is 0. The summed E-state index contributed by atoms with van der Waals surface area (Å²) in [6, 6.07) is 0.612. The van der Waals surface area contributed by atoms with Gasteiger partial charge in [0.25, 0.3) is 0 Å². The first-order valence-electron chi connectivity index (χ1n) is 6.48. The van der Waals surface area contributed by atoms with E-state index in [0.717, 1.165) is 19.7 Å². The fourth-order valence-corrected chi connectivity index (χ4v) is 2.37. The predicted molar refractivity (Wildman–Crippen MR) is 68.5 cm³/mol. The average molecular weight is 228 g/mol. The van der Waals surface area contributed by atoms with Crippen LogP contribution in [-0.2, 0) is 4.74 Å². The maximum absolute atomic E-state index is 5.73. The van der Waals surface area contributed by atoms with E-state index in [0.29, 0.717) is 17.6 Å². The molecule has 3 heteroatoms. The summed E-state index contributed by atoms with van der Waals surface area (Å²) in [5.74, 6) is 0. The molecule has 0 aliphatic carbocycles. The van der Waals surface area contributed by atoms with Crippen molar-refractivity contribution >= 4 is 0 Å². The maximum Gasteiger partial charge on any atom is 0.0702 e. The Balaban J connectivity index is 2.22. The zero-order chi connectivity index (χ0) is 12.2. The third-order valence-electron chi connectivity index (χ3n) is 3.82. The van der Waals surface area contributed by atoms with Crippen molar-refractivity contribution in [3.63, 3.8) is 0 Å². The molecule has 0 amide bonds. The lowest BCUT2D eigenvalue weighted by Crippen LogP contribution is -2.37. The molecule has 0 aromatic heterocycles. The van der Waals surface area contributed by atoms with Crippen LogP contribution in [0, 0.1) is 5.41 Å². The third-order valence-corrected chi connectivity index (χ3v) is 3.82. The van der Waals surface area contributed by atoms with Crippen molar-refractivity contribution in [2.45, 2.75) is 52.2 Å². The monoisotopic (exact) mass is 228 g/mol. The van der Waals surface area contributed by atoms with E-state index in [9.17, 15) is 0 Å². The predicted octanol–water partition coefficient (Wildman–Crippen LogP) is 1.86. The van der Waals surface area contributed by atoms with Gasteiger partial charge in [0.1, 0.15) is 0 Å². The van der Waals surface area contributed by atoms with Crippen molar-refractivity contribution < 1.29 is 4.74 Å². The summed E-state index contributed by atoms with van der Waals surface area (Å²) in [6.07, 6.45) is 4.00. The molecule has 0 bridgehead atoms. The summed E-state index contributed by atoms with van der Waals surface area (Å²) in [5.41, 5.74) is 6.02. The number of likely N-dealkylation sites (N-methyl/N-ethyl adjacent to an activating group) is 1. The SMILES string of the molecule is CC1OCCC1N(C)CCCC(C)(C)CN. The smallest absolute Gasteiger partial charge is 0.0702 e. The van der Waals surface area contributed by atoms with Crippen molar-refractivity contribution in [2.24, 2.45) is 11.1 Å². The number of hydrogen-bond donors (Lipinski definition) is 1. The fourth-order valence-electron chi connectivity index (χ4n) is 2.37. The second-order valence-corrected chi connectivity index (χ2v) is 5.88. The quantitative estimate of drug-likeness (QED) is 0.754. The zero-order valence-corrected chi connectivity index (χ0v) is 11.3. The van der Waals surface area contributed by atoms with Crippen LogP contribution in [0.15, 0.2) is 0 Å². The average Bonchev–Trinajstić information content (AvgIpc) is 2.64. The molecule has 16 heavy (non-hydrogen) atoms. The van der Waals surface area contributed by atoms with Gasteiger partial charge in [-0.25, -0.2) is 0 Å². The minimum atomic E-state index is 0.290. The van der Waals surface area contributed by atoms with Crippen molar-refractivity contribution in [1.29, 1.82) is 0 Å². The van der Waals surface area contributed by atoms with E-state index in [-0.39, 0.29) is 0 Å². The molecule has 0 aromatic carbocycles. The molecule has 2 unspecified atom stereocenters. The molecule has 2 N–H and O–H groups in total. The molecular weight excluding hydrogens is 200 g/mol. The normalized spacial score (nSPS) is 26.6. The van der Waals surface area contributed by atoms with Gasteiger partial charge >= 0.3 is 0 Å². The van der Waals surface area contributed by atoms with Gasteiger partial charge < -0.3 is 15.4 Å². The van der Waals surface area contributed by atoms with Crippen LogP contribution in [0.1, 0.15) is 40.0 Å². The van der Waals surface area contributed by atoms with Crippen LogP contribution in [0.3, 0.4) is 0 Å². The van der Waals surface area contributed by atoms with Crippen molar-refractivity contribution in [3.8, 4) is 0 Å². The summed E-state index contributed by atoms with van der Waals surface area (Å²) in [6.45, 7) is 9.52. The second-order valence-electron chi connectivity index (χ2n) is 5.88. The number of nitrogens with zero attached hydrogens (tertiary/aromatic N) is 1. The van der Waals surface area contributed by atoms with Gasteiger partial charge in [0, 0.05) is 12.6 Å². The summed E-state index contributed by atoms with van der Waals surface area (Å²) >= 11 is 0. The van der Waals surface area contributed by atoms with E-state index in [4.69, 9.17) is 10.5 Å². The summed E-state index contributed by atoms with van der Waals surface area (Å²) < 4.78 is 5.59. The standard InChI is InChI=1S/C13H28N2O/c1-11-12(6-9-16-11)15(4)8-5-7-13(2,3)10-14/h11-12H,5-10,14H2,1-4H3. The molecule has 1 aliphatic rings. The number of ether oxygens (including phenoxy) is 1. The van der Waals surface area contributed by atoms with E-state index < -0.39 is 0 Å². The Kier molecular flexibility index (Phi) is 5.22. The first-order valence-corrected chi connectivity index (χ1v) is 6.48. The van der Waals surface area contributed by atoms with E-state index in [1.54, 1.807) is 0 Å². The number of nitrogens with two attached hydrogens (primary N) is 1. The van der Waals surface area contributed by atoms with Crippen molar-refractivity contribution in [2.75, 3.05) is 26.7 Å². The van der Waals surface area contributed by atoms with Gasteiger partial charge in [-0.2, -0.15) is 0 Å². The van der Waals surface area contributed by atoms with Crippen LogP contribution in [-0.4, -0.2) is 43.8 Å². The van der Waals surface area contributed by atoms with Gasteiger partial charge in [0.15, 0.2) is 0 Å². The van der Waals surface area contributed by atoms with Crippen molar-refractivity contribution in [3.05, 3.63) is 0 Å². The highest BCUT2D eigenvalue weighted by molar-refractivity contribution is 4.80. The first-order chi connectivity index (χ1) is 7.46. The molecule has 1 fully saturated rings. The molecule has 1 heterocycles. The Hall–Kier alpha value is -0.120. The van der Waals surface area contributed by atoms with Crippen LogP contribution in [0.5, 0.6) is 0 Å². The molecule has 0 saturated carbocycles. The number of rotatable bonds is 6. The van der Waals surface area contributed by atoms with E-state index in [2.05, 4.69) is 32.7 Å². The van der Waals surface area contributed by atoms with Crippen LogP contribution in [0.2, 0.25) is 0 Å². The van der Waals surface area contributed by atoms with Gasteiger partial charge in [-0.1, -0.05) is 13.8 Å². The van der Waals surface area contributed by atoms with E-state index >= 15 is 0 Å². The Morgan fingerprint density at radius 1 is 1.44 bits per heavy atom. The molecule has 1 saturated heterocycles. The molecule has 0 aromatic rings. The molecule has 0 spiro atoms. The Morgan fingerprint density at radius 2 is 2.12 bits per heavy atom. The number of hydrogen-bond acceptors (Lipinski definition) is 3. The van der Waals surface area contributed by atoms with Gasteiger partial charge in [-0.15, -0.1) is 0 Å². The highest BCUT2D eigenvalue weighted by Crippen LogP contribution is 2.22. The van der Waals surface area contributed by atoms with E-state index in [1.807, 2.05) is 0 Å². The Bertz CT molecular complexity index is 206. The molecule has 3 nitrogen and oxygen atoms in total. The highest BCUT2D eigenvalue weighted by atomic mass is 16.5. The second kappa shape index (κ2) is 5.99. The largest absolute Gasteiger partial charge is 0.377 e. The summed E-state index contributed by atoms with van der Waals surface area (Å²) in [4.78, 5) is 2.45. The lowest BCUT2D eigenvalue weighted by molar-refractivity contribution is 0.0821. The fraction of sp³-hybridized carbons (Fsp3) is 1.00. The van der Waals surface area contributed by atoms with Crippen molar-refractivity contribution in [1.82, 2.24) is 4.90 Å². The topological polar surface area (TPSA) is 38.5 Å². The molecule has 1 rings (SSSR count). The molecule has 2 atom stereocenters. The Labute approximate surface area is 100 Å². The lowest BCUT2D eigenvalue weighted by Gasteiger charge is -2.28. The first kappa shape index (κ1) is 13.9. The van der Waals surface area contributed by atoms with Gasteiger partial charge in [-0.3, -0.25) is 0 Å². The van der Waals surface area contributed by atoms with Crippen LogP contribution < -0.4 is 5.73 Å². The molecule has 1 aliphatic heterocycles. The molecule has 96 valence electrons. The van der Waals surface area contributed by atoms with Crippen LogP contribution in [0.4, 0.5) is 0 Å². The third kappa shape index (κ3) is 4.04. The van der Waals surface area contributed by atoms with Gasteiger partial charge in [-0.05, 0) is 51.7 Å². The van der Waals surface area contributed by atoms with E-state index in [1.165, 1.54) is 19.3 Å². The minimum absolute atomic E-state index is 0.290. The zero-order valence-electron chi connectivity index (χ0n) is 11.3. The highest BCUT2D eigenvalue weighted by Gasteiger charge is 2.27. The molecular formula is C13H28N2O. The Morgan fingerprint density at radius 3 is 2.62 bits per heavy atom. The van der Waals surface area contributed by atoms with Crippen LogP contribution in [0.25, 0.3) is 0 Å². The summed E-state index contributed by atoms with van der Waals surface area (Å²) in [7, 11) is 2.21. The maximum atomic E-state index is 5.73. The minimum Gasteiger partial charge on any atom is -0.377 e. The molecule has 0 radical (unpaired) electrons. The van der Waals surface area contributed by atoms with Gasteiger partial charge in [0.2, 0.25) is 0 Å².